The number of carbonyl (C=O) groups excluding carboxylic acids is 1. The number of rotatable bonds is 7. The molecule has 0 atom stereocenters. The Morgan fingerprint density at radius 2 is 1.84 bits per heavy atom. The fraction of sp³-hybridized carbons (Fsp3) is 0.333. The molecule has 164 valence electrons. The molecule has 1 amide bonds. The highest BCUT2D eigenvalue weighted by Gasteiger charge is 2.20. The summed E-state index contributed by atoms with van der Waals surface area (Å²) < 4.78 is 18.5. The summed E-state index contributed by atoms with van der Waals surface area (Å²) in [6, 6.07) is 15.4. The van der Waals surface area contributed by atoms with Crippen LogP contribution in [-0.4, -0.2) is 40.6 Å². The number of amides is 1. The van der Waals surface area contributed by atoms with Gasteiger partial charge < -0.3 is 9.73 Å². The van der Waals surface area contributed by atoms with Crippen molar-refractivity contribution in [3.8, 4) is 17.5 Å². The van der Waals surface area contributed by atoms with E-state index in [0.29, 0.717) is 23.6 Å². The lowest BCUT2D eigenvalue weighted by Gasteiger charge is -2.32. The number of nitrogens with one attached hydrogen (secondary N) is 1. The number of hydrogen-bond acceptors (Lipinski definition) is 6. The first kappa shape index (κ1) is 21.7. The minimum atomic E-state index is -0.383. The van der Waals surface area contributed by atoms with Crippen LogP contribution in [0.5, 0.6) is 0 Å². The van der Waals surface area contributed by atoms with Gasteiger partial charge in [-0.3, -0.25) is 9.69 Å². The normalized spacial score (nSPS) is 14.8. The molecule has 0 aliphatic carbocycles. The molecule has 2 aromatic carbocycles. The summed E-state index contributed by atoms with van der Waals surface area (Å²) in [4.78, 5) is 14.7. The molecule has 32 heavy (non-hydrogen) atoms. The standard InChI is InChI=1S/C24H24FN5O2/c25-21-7-3-19(4-8-21)16-30-13-10-17(11-14-30)9-12-27-22(31)24-29-28-23(32-24)20-5-1-18(15-26)2-6-20/h1-8,17H,9-14,16H2,(H,27,31). The Kier molecular flexibility index (Phi) is 6.87. The molecule has 1 saturated heterocycles. The Morgan fingerprint density at radius 3 is 2.53 bits per heavy atom. The van der Waals surface area contributed by atoms with Gasteiger partial charge in [0.25, 0.3) is 0 Å². The second-order valence-electron chi connectivity index (χ2n) is 7.99. The third kappa shape index (κ3) is 5.56. The second-order valence-corrected chi connectivity index (χ2v) is 7.99. The second kappa shape index (κ2) is 10.2. The van der Waals surface area contributed by atoms with Gasteiger partial charge in [0.1, 0.15) is 5.82 Å². The largest absolute Gasteiger partial charge is 0.412 e. The summed E-state index contributed by atoms with van der Waals surface area (Å²) in [5, 5.41) is 19.5. The van der Waals surface area contributed by atoms with Crippen molar-refractivity contribution in [2.45, 2.75) is 25.8 Å². The van der Waals surface area contributed by atoms with Gasteiger partial charge in [-0.15, -0.1) is 10.2 Å². The van der Waals surface area contributed by atoms with Crippen LogP contribution in [0.1, 0.15) is 41.1 Å². The topological polar surface area (TPSA) is 95.0 Å². The number of aromatic nitrogens is 2. The molecule has 1 fully saturated rings. The summed E-state index contributed by atoms with van der Waals surface area (Å²) in [6.45, 7) is 3.37. The number of nitriles is 1. The number of carbonyl (C=O) groups is 1. The van der Waals surface area contributed by atoms with Crippen molar-refractivity contribution in [3.63, 3.8) is 0 Å². The van der Waals surface area contributed by atoms with Crippen LogP contribution in [0, 0.1) is 23.1 Å². The zero-order chi connectivity index (χ0) is 22.3. The van der Waals surface area contributed by atoms with Crippen molar-refractivity contribution >= 4 is 5.91 Å². The maximum Gasteiger partial charge on any atom is 0.308 e. The summed E-state index contributed by atoms with van der Waals surface area (Å²) in [5.74, 6) is 0.134. The third-order valence-corrected chi connectivity index (χ3v) is 5.74. The molecule has 1 N–H and O–H groups in total. The van der Waals surface area contributed by atoms with Gasteiger partial charge in [0.05, 0.1) is 11.6 Å². The smallest absolute Gasteiger partial charge is 0.308 e. The van der Waals surface area contributed by atoms with Crippen LogP contribution >= 0.6 is 0 Å². The van der Waals surface area contributed by atoms with Gasteiger partial charge in [0.2, 0.25) is 5.89 Å². The van der Waals surface area contributed by atoms with Crippen molar-refractivity contribution in [2.24, 2.45) is 5.92 Å². The average Bonchev–Trinajstić information content (AvgIpc) is 3.32. The van der Waals surface area contributed by atoms with Crippen LogP contribution < -0.4 is 5.32 Å². The highest BCUT2D eigenvalue weighted by Crippen LogP contribution is 2.22. The van der Waals surface area contributed by atoms with E-state index in [9.17, 15) is 9.18 Å². The van der Waals surface area contributed by atoms with E-state index >= 15 is 0 Å². The molecule has 0 saturated carbocycles. The first-order valence-electron chi connectivity index (χ1n) is 10.7. The van der Waals surface area contributed by atoms with Crippen LogP contribution in [0.2, 0.25) is 0 Å². The van der Waals surface area contributed by atoms with Gasteiger partial charge in [0, 0.05) is 18.7 Å². The van der Waals surface area contributed by atoms with Crippen LogP contribution in [0.25, 0.3) is 11.5 Å². The highest BCUT2D eigenvalue weighted by atomic mass is 19.1. The number of nitrogens with zero attached hydrogens (tertiary/aromatic N) is 4. The molecular formula is C24H24FN5O2. The Labute approximate surface area is 185 Å². The predicted molar refractivity (Wildman–Crippen MR) is 116 cm³/mol. The first-order valence-corrected chi connectivity index (χ1v) is 10.7. The van der Waals surface area contributed by atoms with Gasteiger partial charge in [-0.2, -0.15) is 5.26 Å². The van der Waals surface area contributed by atoms with E-state index in [0.717, 1.165) is 44.5 Å². The van der Waals surface area contributed by atoms with Crippen molar-refractivity contribution in [2.75, 3.05) is 19.6 Å². The fourth-order valence-corrected chi connectivity index (χ4v) is 3.87. The van der Waals surface area contributed by atoms with E-state index in [-0.39, 0.29) is 23.5 Å². The van der Waals surface area contributed by atoms with E-state index in [1.807, 2.05) is 18.2 Å². The van der Waals surface area contributed by atoms with E-state index in [4.69, 9.17) is 9.68 Å². The molecule has 0 bridgehead atoms. The van der Waals surface area contributed by atoms with E-state index in [1.54, 1.807) is 24.3 Å². The zero-order valence-corrected chi connectivity index (χ0v) is 17.6. The van der Waals surface area contributed by atoms with Gasteiger partial charge in [-0.25, -0.2) is 4.39 Å². The van der Waals surface area contributed by atoms with Crippen molar-refractivity contribution in [3.05, 3.63) is 71.4 Å². The van der Waals surface area contributed by atoms with Gasteiger partial charge >= 0.3 is 11.8 Å². The predicted octanol–water partition coefficient (Wildman–Crippen LogP) is 3.78. The van der Waals surface area contributed by atoms with E-state index < -0.39 is 0 Å². The van der Waals surface area contributed by atoms with Crippen molar-refractivity contribution < 1.29 is 13.6 Å². The van der Waals surface area contributed by atoms with Crippen molar-refractivity contribution in [1.29, 1.82) is 5.26 Å². The van der Waals surface area contributed by atoms with E-state index in [2.05, 4.69) is 20.4 Å². The lowest BCUT2D eigenvalue weighted by atomic mass is 9.93. The molecular weight excluding hydrogens is 409 g/mol. The van der Waals surface area contributed by atoms with Crippen LogP contribution in [0.4, 0.5) is 4.39 Å². The lowest BCUT2D eigenvalue weighted by Crippen LogP contribution is -2.35. The molecule has 1 aromatic heterocycles. The molecule has 2 heterocycles. The van der Waals surface area contributed by atoms with Gasteiger partial charge in [-0.05, 0) is 80.2 Å². The van der Waals surface area contributed by atoms with Gasteiger partial charge in [0.15, 0.2) is 0 Å². The van der Waals surface area contributed by atoms with E-state index in [1.165, 1.54) is 12.1 Å². The number of piperidine rings is 1. The van der Waals surface area contributed by atoms with Gasteiger partial charge in [-0.1, -0.05) is 12.1 Å². The minimum Gasteiger partial charge on any atom is -0.412 e. The fourth-order valence-electron chi connectivity index (χ4n) is 3.87. The first-order chi connectivity index (χ1) is 15.6. The Bertz CT molecular complexity index is 1080. The number of benzene rings is 2. The number of halogens is 1. The minimum absolute atomic E-state index is 0.0709. The third-order valence-electron chi connectivity index (χ3n) is 5.74. The summed E-state index contributed by atoms with van der Waals surface area (Å²) in [6.07, 6.45) is 3.04. The lowest BCUT2D eigenvalue weighted by molar-refractivity contribution is 0.0913. The average molecular weight is 433 g/mol. The Balaban J connectivity index is 1.19. The molecule has 3 aromatic rings. The van der Waals surface area contributed by atoms with Crippen LogP contribution in [-0.2, 0) is 6.54 Å². The molecule has 4 rings (SSSR count). The SMILES string of the molecule is N#Cc1ccc(-c2nnc(C(=O)NCCC3CCN(Cc4ccc(F)cc4)CC3)o2)cc1. The number of likely N-dealkylation sites (tertiary alicyclic amines) is 1. The summed E-state index contributed by atoms with van der Waals surface area (Å²) in [5.41, 5.74) is 2.31. The molecule has 1 aliphatic heterocycles. The van der Waals surface area contributed by atoms with Crippen LogP contribution in [0.3, 0.4) is 0 Å². The molecule has 0 radical (unpaired) electrons. The molecule has 1 aliphatic rings. The quantitative estimate of drug-likeness (QED) is 0.609. The highest BCUT2D eigenvalue weighted by molar-refractivity contribution is 5.89. The Hall–Kier alpha value is -3.57. The maximum atomic E-state index is 13.0. The maximum absolute atomic E-state index is 13.0. The number of hydrogen-bond donors (Lipinski definition) is 1. The molecule has 8 heteroatoms. The van der Waals surface area contributed by atoms with Crippen molar-refractivity contribution in [1.82, 2.24) is 20.4 Å². The molecule has 7 nitrogen and oxygen atoms in total. The molecule has 0 spiro atoms. The molecule has 0 unspecified atom stereocenters. The summed E-state index contributed by atoms with van der Waals surface area (Å²) in [7, 11) is 0. The zero-order valence-electron chi connectivity index (χ0n) is 17.6. The summed E-state index contributed by atoms with van der Waals surface area (Å²) >= 11 is 0. The van der Waals surface area contributed by atoms with Crippen LogP contribution in [0.15, 0.2) is 52.9 Å². The monoisotopic (exact) mass is 433 g/mol. The Morgan fingerprint density at radius 1 is 1.12 bits per heavy atom.